The van der Waals surface area contributed by atoms with Crippen molar-refractivity contribution in [3.8, 4) is 0 Å². The molecule has 7 nitrogen and oxygen atoms in total. The van der Waals surface area contributed by atoms with Crippen LogP contribution in [0.3, 0.4) is 0 Å². The third-order valence-electron chi connectivity index (χ3n) is 5.37. The molecule has 0 radical (unpaired) electrons. The molecule has 29 heavy (non-hydrogen) atoms. The summed E-state index contributed by atoms with van der Waals surface area (Å²) < 4.78 is 27.2. The Hall–Kier alpha value is -2.68. The van der Waals surface area contributed by atoms with Crippen molar-refractivity contribution < 1.29 is 13.2 Å². The number of fused-ring (bicyclic) bond motifs is 3. The summed E-state index contributed by atoms with van der Waals surface area (Å²) in [6.07, 6.45) is 3.44. The van der Waals surface area contributed by atoms with Crippen molar-refractivity contribution in [1.82, 2.24) is 9.71 Å². The zero-order valence-electron chi connectivity index (χ0n) is 16.0. The first-order valence-corrected chi connectivity index (χ1v) is 11.1. The molecule has 0 saturated carbocycles. The van der Waals surface area contributed by atoms with Crippen LogP contribution in [0.25, 0.3) is 10.9 Å². The molecule has 1 atom stereocenters. The maximum Gasteiger partial charge on any atom is 0.240 e. The molecule has 4 N–H and O–H groups in total. The smallest absolute Gasteiger partial charge is 0.240 e. The van der Waals surface area contributed by atoms with E-state index in [9.17, 15) is 13.2 Å². The fourth-order valence-corrected chi connectivity index (χ4v) is 4.88. The molecule has 0 saturated heterocycles. The number of amides is 1. The lowest BCUT2D eigenvalue weighted by molar-refractivity contribution is -0.107. The third-order valence-corrected chi connectivity index (χ3v) is 6.84. The molecule has 4 rings (SSSR count). The Bertz CT molecular complexity index is 1130. The summed E-state index contributed by atoms with van der Waals surface area (Å²) in [5.41, 5.74) is 10.3. The normalized spacial score (nSPS) is 16.5. The summed E-state index contributed by atoms with van der Waals surface area (Å²) >= 11 is 0. The lowest BCUT2D eigenvalue weighted by atomic mass is 9.92. The predicted molar refractivity (Wildman–Crippen MR) is 113 cm³/mol. The van der Waals surface area contributed by atoms with Gasteiger partial charge in [-0.15, -0.1) is 0 Å². The summed E-state index contributed by atoms with van der Waals surface area (Å²) in [5, 5.41) is 1.07. The minimum atomic E-state index is -3.60. The highest BCUT2D eigenvalue weighted by Crippen LogP contribution is 2.31. The van der Waals surface area contributed by atoms with Crippen LogP contribution in [0.2, 0.25) is 0 Å². The van der Waals surface area contributed by atoms with E-state index in [2.05, 4.69) is 9.71 Å². The summed E-state index contributed by atoms with van der Waals surface area (Å²) in [6.45, 7) is 0.345. The Labute approximate surface area is 169 Å². The van der Waals surface area contributed by atoms with Gasteiger partial charge >= 0.3 is 0 Å². The number of aromatic amines is 1. The summed E-state index contributed by atoms with van der Waals surface area (Å²) in [4.78, 5) is 16.8. The van der Waals surface area contributed by atoms with Crippen LogP contribution in [0.15, 0.2) is 53.4 Å². The SMILES string of the molecule is NC1CCc2[nH]c3ccc(N(C=O)CCNS(=O)(=O)c4ccccc4)cc3c2C1. The van der Waals surface area contributed by atoms with Gasteiger partial charge in [-0.05, 0) is 55.2 Å². The first-order valence-electron chi connectivity index (χ1n) is 9.63. The molecule has 0 bridgehead atoms. The largest absolute Gasteiger partial charge is 0.358 e. The van der Waals surface area contributed by atoms with Crippen LogP contribution in [0.5, 0.6) is 0 Å². The van der Waals surface area contributed by atoms with E-state index >= 15 is 0 Å². The van der Waals surface area contributed by atoms with Gasteiger partial charge in [0, 0.05) is 41.4 Å². The second-order valence-corrected chi connectivity index (χ2v) is 9.09. The van der Waals surface area contributed by atoms with Gasteiger partial charge in [0.1, 0.15) is 0 Å². The van der Waals surface area contributed by atoms with Gasteiger partial charge in [-0.1, -0.05) is 18.2 Å². The van der Waals surface area contributed by atoms with Crippen LogP contribution in [0.4, 0.5) is 5.69 Å². The average molecular weight is 413 g/mol. The average Bonchev–Trinajstić information content (AvgIpc) is 3.09. The van der Waals surface area contributed by atoms with Gasteiger partial charge in [0.2, 0.25) is 16.4 Å². The third kappa shape index (κ3) is 4.05. The molecule has 8 heteroatoms. The molecule has 1 heterocycles. The van der Waals surface area contributed by atoms with Crippen molar-refractivity contribution in [3.05, 3.63) is 59.8 Å². The van der Waals surface area contributed by atoms with Gasteiger partial charge in [0.05, 0.1) is 4.90 Å². The molecule has 2 aromatic carbocycles. The number of aryl methyl sites for hydroxylation is 1. The first-order chi connectivity index (χ1) is 14.0. The van der Waals surface area contributed by atoms with E-state index in [-0.39, 0.29) is 24.0 Å². The molecule has 0 aliphatic heterocycles. The number of aromatic nitrogens is 1. The van der Waals surface area contributed by atoms with Gasteiger partial charge < -0.3 is 15.6 Å². The van der Waals surface area contributed by atoms with Gasteiger partial charge in [-0.3, -0.25) is 4.79 Å². The van der Waals surface area contributed by atoms with Crippen LogP contribution in [0.1, 0.15) is 17.7 Å². The van der Waals surface area contributed by atoms with E-state index in [0.29, 0.717) is 0 Å². The van der Waals surface area contributed by atoms with Crippen molar-refractivity contribution >= 4 is 33.0 Å². The molecule has 3 aromatic rings. The molecule has 1 amide bonds. The van der Waals surface area contributed by atoms with E-state index in [1.54, 1.807) is 18.2 Å². The van der Waals surface area contributed by atoms with E-state index in [1.807, 2.05) is 18.2 Å². The highest BCUT2D eigenvalue weighted by atomic mass is 32.2. The van der Waals surface area contributed by atoms with Crippen LogP contribution in [-0.2, 0) is 27.7 Å². The van der Waals surface area contributed by atoms with Crippen molar-refractivity contribution in [3.63, 3.8) is 0 Å². The molecule has 152 valence electrons. The molecule has 1 aliphatic rings. The minimum Gasteiger partial charge on any atom is -0.358 e. The van der Waals surface area contributed by atoms with Crippen LogP contribution in [0, 0.1) is 0 Å². The molecule has 1 aliphatic carbocycles. The Morgan fingerprint density at radius 2 is 2.00 bits per heavy atom. The standard InChI is InChI=1S/C21H24N4O3S/c22-15-6-8-20-18(12-15)19-13-16(7-9-21(19)24-20)25(14-26)11-10-23-29(27,28)17-4-2-1-3-5-17/h1-5,7,9,13-15,23-24H,6,8,10-12,22H2. The summed E-state index contributed by atoms with van der Waals surface area (Å²) in [7, 11) is -3.60. The predicted octanol–water partition coefficient (Wildman–Crippen LogP) is 1.93. The number of nitrogens with one attached hydrogen (secondary N) is 2. The number of H-pyrrole nitrogens is 1. The maximum atomic E-state index is 12.3. The molecular formula is C21H24N4O3S. The monoisotopic (exact) mass is 412 g/mol. The van der Waals surface area contributed by atoms with E-state index < -0.39 is 10.0 Å². The molecular weight excluding hydrogens is 388 g/mol. The number of nitrogens with zero attached hydrogens (tertiary/aromatic N) is 1. The van der Waals surface area contributed by atoms with E-state index in [4.69, 9.17) is 5.73 Å². The maximum absolute atomic E-state index is 12.3. The molecule has 0 fully saturated rings. The Balaban J connectivity index is 1.50. The lowest BCUT2D eigenvalue weighted by Crippen LogP contribution is -2.34. The van der Waals surface area contributed by atoms with Crippen LogP contribution >= 0.6 is 0 Å². The number of sulfonamides is 1. The summed E-state index contributed by atoms with van der Waals surface area (Å²) in [6, 6.07) is 14.1. The van der Waals surface area contributed by atoms with Crippen molar-refractivity contribution in [2.45, 2.75) is 30.2 Å². The van der Waals surface area contributed by atoms with Crippen LogP contribution in [-0.4, -0.2) is 38.9 Å². The highest BCUT2D eigenvalue weighted by Gasteiger charge is 2.21. The molecule has 1 aromatic heterocycles. The van der Waals surface area contributed by atoms with Crippen molar-refractivity contribution in [1.29, 1.82) is 0 Å². The highest BCUT2D eigenvalue weighted by molar-refractivity contribution is 7.89. The summed E-state index contributed by atoms with van der Waals surface area (Å²) in [5.74, 6) is 0. The topological polar surface area (TPSA) is 108 Å². The number of hydrogen-bond donors (Lipinski definition) is 3. The number of anilines is 1. The van der Waals surface area contributed by atoms with Crippen LogP contribution < -0.4 is 15.4 Å². The van der Waals surface area contributed by atoms with Gasteiger partial charge in [0.15, 0.2) is 0 Å². The number of rotatable bonds is 7. The zero-order chi connectivity index (χ0) is 20.4. The fourth-order valence-electron chi connectivity index (χ4n) is 3.84. The first kappa shape index (κ1) is 19.6. The fraction of sp³-hybridized carbons (Fsp3) is 0.286. The lowest BCUT2D eigenvalue weighted by Gasteiger charge is -2.20. The molecule has 1 unspecified atom stereocenters. The molecule has 0 spiro atoms. The quantitative estimate of drug-likeness (QED) is 0.515. The van der Waals surface area contributed by atoms with Gasteiger partial charge in [-0.2, -0.15) is 0 Å². The van der Waals surface area contributed by atoms with E-state index in [1.165, 1.54) is 28.3 Å². The number of hydrogen-bond acceptors (Lipinski definition) is 4. The Morgan fingerprint density at radius 3 is 2.76 bits per heavy atom. The second-order valence-electron chi connectivity index (χ2n) is 7.32. The number of benzene rings is 2. The number of carbonyl (C=O) groups excluding carboxylic acids is 1. The van der Waals surface area contributed by atoms with E-state index in [0.717, 1.165) is 42.3 Å². The van der Waals surface area contributed by atoms with Gasteiger partial charge in [-0.25, -0.2) is 13.1 Å². The number of nitrogens with two attached hydrogens (primary N) is 1. The second kappa shape index (κ2) is 7.98. The minimum absolute atomic E-state index is 0.115. The Morgan fingerprint density at radius 1 is 1.21 bits per heavy atom. The van der Waals surface area contributed by atoms with Crippen molar-refractivity contribution in [2.75, 3.05) is 18.0 Å². The van der Waals surface area contributed by atoms with Crippen molar-refractivity contribution in [2.24, 2.45) is 5.73 Å². The number of carbonyl (C=O) groups is 1. The van der Waals surface area contributed by atoms with Gasteiger partial charge in [0.25, 0.3) is 0 Å². The Kier molecular flexibility index (Phi) is 5.40. The zero-order valence-corrected chi connectivity index (χ0v) is 16.8.